The third-order valence-corrected chi connectivity index (χ3v) is 3.10. The molecule has 0 saturated heterocycles. The maximum Gasteiger partial charge on any atom is 0.0221 e. The van der Waals surface area contributed by atoms with E-state index in [-0.39, 0.29) is 0 Å². The first-order valence-corrected chi connectivity index (χ1v) is 5.96. The van der Waals surface area contributed by atoms with Gasteiger partial charge in [0.25, 0.3) is 0 Å². The van der Waals surface area contributed by atoms with Crippen LogP contribution < -0.4 is 5.32 Å². The van der Waals surface area contributed by atoms with Crippen LogP contribution in [0.4, 0.5) is 0 Å². The smallest absolute Gasteiger partial charge is 0.0221 e. The lowest BCUT2D eigenvalue weighted by atomic mass is 9.94. The van der Waals surface area contributed by atoms with Gasteiger partial charge < -0.3 is 5.32 Å². The van der Waals surface area contributed by atoms with E-state index < -0.39 is 0 Å². The average molecular weight is 182 g/mol. The van der Waals surface area contributed by atoms with Crippen molar-refractivity contribution in [2.75, 3.05) is 0 Å². The maximum atomic E-state index is 3.59. The molecule has 0 aliphatic heterocycles. The van der Waals surface area contributed by atoms with Crippen molar-refractivity contribution in [1.29, 1.82) is 0 Å². The molecule has 1 atom stereocenters. The zero-order chi connectivity index (χ0) is 9.52. The van der Waals surface area contributed by atoms with Crippen molar-refractivity contribution >= 4 is 0 Å². The predicted molar refractivity (Wildman–Crippen MR) is 58.4 cm³/mol. The Morgan fingerprint density at radius 3 is 2.54 bits per heavy atom. The van der Waals surface area contributed by atoms with Gasteiger partial charge in [-0.2, -0.15) is 0 Å². The fraction of sp³-hybridized carbons (Fsp3) is 0.917. The van der Waals surface area contributed by atoms with Crippen molar-refractivity contribution < 1.29 is 0 Å². The van der Waals surface area contributed by atoms with Crippen molar-refractivity contribution in [3.63, 3.8) is 0 Å². The summed E-state index contributed by atoms with van der Waals surface area (Å²) < 4.78 is 0. The van der Waals surface area contributed by atoms with Crippen molar-refractivity contribution in [1.82, 2.24) is 5.32 Å². The van der Waals surface area contributed by atoms with Crippen molar-refractivity contribution in [2.45, 2.75) is 64.8 Å². The lowest BCUT2D eigenvalue weighted by Gasteiger charge is -2.23. The van der Waals surface area contributed by atoms with Crippen LogP contribution in [0.3, 0.4) is 0 Å². The first kappa shape index (κ1) is 11.0. The van der Waals surface area contributed by atoms with E-state index in [1.54, 1.807) is 0 Å². The van der Waals surface area contributed by atoms with Crippen LogP contribution in [0.25, 0.3) is 0 Å². The van der Waals surface area contributed by atoms with Crippen LogP contribution in [-0.2, 0) is 0 Å². The van der Waals surface area contributed by atoms with Gasteiger partial charge in [-0.1, -0.05) is 33.1 Å². The fourth-order valence-corrected chi connectivity index (χ4v) is 2.40. The molecule has 1 aliphatic carbocycles. The Labute approximate surface area is 83.3 Å². The van der Waals surface area contributed by atoms with E-state index in [1.807, 2.05) is 0 Å². The number of hydrogen-bond donors (Lipinski definition) is 1. The second kappa shape index (κ2) is 6.42. The minimum Gasteiger partial charge on any atom is -0.309 e. The second-order valence-corrected chi connectivity index (χ2v) is 4.22. The predicted octanol–water partition coefficient (Wildman–Crippen LogP) is 3.51. The molecule has 1 rings (SSSR count). The topological polar surface area (TPSA) is 12.0 Å². The molecule has 1 unspecified atom stereocenters. The highest BCUT2D eigenvalue weighted by Gasteiger charge is 2.23. The largest absolute Gasteiger partial charge is 0.309 e. The highest BCUT2D eigenvalue weighted by atomic mass is 14.9. The van der Waals surface area contributed by atoms with Crippen LogP contribution in [0.1, 0.15) is 58.8 Å². The minimum atomic E-state index is 0.771. The first-order chi connectivity index (χ1) is 6.38. The molecule has 1 nitrogen and oxygen atoms in total. The van der Waals surface area contributed by atoms with E-state index in [2.05, 4.69) is 25.7 Å². The Morgan fingerprint density at radius 1 is 1.31 bits per heavy atom. The Balaban J connectivity index is 2.26. The number of rotatable bonds is 6. The molecule has 1 fully saturated rings. The number of hydrogen-bond acceptors (Lipinski definition) is 1. The van der Waals surface area contributed by atoms with Crippen LogP contribution in [-0.4, -0.2) is 6.04 Å². The Kier molecular flexibility index (Phi) is 5.45. The van der Waals surface area contributed by atoms with E-state index in [0.717, 1.165) is 18.4 Å². The molecule has 0 spiro atoms. The summed E-state index contributed by atoms with van der Waals surface area (Å²) in [5.41, 5.74) is 0. The SMILES string of the molecule is CC[CH]NC(CCC)C1CCCC1. The van der Waals surface area contributed by atoms with Crippen molar-refractivity contribution in [3.05, 3.63) is 6.54 Å². The van der Waals surface area contributed by atoms with Crippen LogP contribution in [0.2, 0.25) is 0 Å². The molecule has 0 heterocycles. The van der Waals surface area contributed by atoms with Gasteiger partial charge in [0.15, 0.2) is 0 Å². The van der Waals surface area contributed by atoms with Gasteiger partial charge in [-0.05, 0) is 31.6 Å². The summed E-state index contributed by atoms with van der Waals surface area (Å²) >= 11 is 0. The van der Waals surface area contributed by atoms with E-state index in [9.17, 15) is 0 Å². The third-order valence-electron chi connectivity index (χ3n) is 3.10. The monoisotopic (exact) mass is 182 g/mol. The molecule has 1 radical (unpaired) electrons. The lowest BCUT2D eigenvalue weighted by molar-refractivity contribution is 0.355. The highest BCUT2D eigenvalue weighted by Crippen LogP contribution is 2.29. The van der Waals surface area contributed by atoms with Crippen LogP contribution in [0.15, 0.2) is 0 Å². The molecule has 0 aromatic carbocycles. The van der Waals surface area contributed by atoms with E-state index >= 15 is 0 Å². The standard InChI is InChI=1S/C12H24N/c1-3-7-12(13-10-4-2)11-8-5-6-9-11/h10-13H,3-9H2,1-2H3. The zero-order valence-corrected chi connectivity index (χ0v) is 9.18. The molecule has 0 aromatic rings. The molecule has 0 aromatic heterocycles. The third kappa shape index (κ3) is 3.68. The Morgan fingerprint density at radius 2 is 2.00 bits per heavy atom. The quantitative estimate of drug-likeness (QED) is 0.663. The first-order valence-electron chi connectivity index (χ1n) is 5.96. The summed E-state index contributed by atoms with van der Waals surface area (Å²) in [6.07, 6.45) is 9.63. The average Bonchev–Trinajstić information content (AvgIpc) is 2.65. The van der Waals surface area contributed by atoms with Crippen molar-refractivity contribution in [2.24, 2.45) is 5.92 Å². The summed E-state index contributed by atoms with van der Waals surface area (Å²) in [4.78, 5) is 0. The molecular weight excluding hydrogens is 158 g/mol. The lowest BCUT2D eigenvalue weighted by Crippen LogP contribution is -2.33. The second-order valence-electron chi connectivity index (χ2n) is 4.22. The van der Waals surface area contributed by atoms with Crippen molar-refractivity contribution in [3.8, 4) is 0 Å². The van der Waals surface area contributed by atoms with Gasteiger partial charge in [0.05, 0.1) is 0 Å². The molecule has 13 heavy (non-hydrogen) atoms. The summed E-state index contributed by atoms with van der Waals surface area (Å²) in [7, 11) is 0. The van der Waals surface area contributed by atoms with Gasteiger partial charge in [-0.15, -0.1) is 0 Å². The van der Waals surface area contributed by atoms with E-state index in [4.69, 9.17) is 0 Å². The Bertz CT molecular complexity index is 116. The highest BCUT2D eigenvalue weighted by molar-refractivity contribution is 4.82. The van der Waals surface area contributed by atoms with Crippen LogP contribution in [0, 0.1) is 12.5 Å². The molecule has 1 saturated carbocycles. The maximum absolute atomic E-state index is 3.59. The molecule has 0 bridgehead atoms. The molecule has 1 aliphatic rings. The van der Waals surface area contributed by atoms with Gasteiger partial charge in [-0.3, -0.25) is 0 Å². The molecule has 1 N–H and O–H groups in total. The van der Waals surface area contributed by atoms with Crippen LogP contribution >= 0.6 is 0 Å². The summed E-state index contributed by atoms with van der Waals surface area (Å²) in [6.45, 7) is 6.72. The molecule has 77 valence electrons. The van der Waals surface area contributed by atoms with Gasteiger partial charge >= 0.3 is 0 Å². The fourth-order valence-electron chi connectivity index (χ4n) is 2.40. The van der Waals surface area contributed by atoms with Gasteiger partial charge in [0.1, 0.15) is 0 Å². The van der Waals surface area contributed by atoms with Crippen LogP contribution in [0.5, 0.6) is 0 Å². The molecule has 0 amide bonds. The molecular formula is C12H24N. The van der Waals surface area contributed by atoms with E-state index in [1.165, 1.54) is 38.5 Å². The van der Waals surface area contributed by atoms with Gasteiger partial charge in [0.2, 0.25) is 0 Å². The zero-order valence-electron chi connectivity index (χ0n) is 9.18. The minimum absolute atomic E-state index is 0.771. The normalized spacial score (nSPS) is 20.8. The molecule has 1 heteroatoms. The summed E-state index contributed by atoms with van der Waals surface area (Å²) in [6, 6.07) is 0.771. The van der Waals surface area contributed by atoms with Gasteiger partial charge in [-0.25, -0.2) is 0 Å². The Hall–Kier alpha value is -0.0400. The number of nitrogens with one attached hydrogen (secondary N) is 1. The van der Waals surface area contributed by atoms with E-state index in [0.29, 0.717) is 0 Å². The summed E-state index contributed by atoms with van der Waals surface area (Å²) in [5, 5.41) is 3.59. The summed E-state index contributed by atoms with van der Waals surface area (Å²) in [5.74, 6) is 0.961. The van der Waals surface area contributed by atoms with Gasteiger partial charge in [0, 0.05) is 12.6 Å².